The first-order valence-corrected chi connectivity index (χ1v) is 16.6. The zero-order valence-corrected chi connectivity index (χ0v) is 31.8. The summed E-state index contributed by atoms with van der Waals surface area (Å²) in [5.74, 6) is -0.186. The summed E-state index contributed by atoms with van der Waals surface area (Å²) in [7, 11) is 0. The summed E-state index contributed by atoms with van der Waals surface area (Å²) < 4.78 is 2.37. The summed E-state index contributed by atoms with van der Waals surface area (Å²) in [6, 6.07) is 4.29. The zero-order valence-electron chi connectivity index (χ0n) is 31.8. The normalized spacial score (nSPS) is 12.9. The molecule has 0 bridgehead atoms. The second kappa shape index (κ2) is 12.9. The van der Waals surface area contributed by atoms with Crippen molar-refractivity contribution in [3.8, 4) is 24.0 Å². The van der Waals surface area contributed by atoms with Crippen LogP contribution in [0.15, 0.2) is 25.3 Å². The summed E-state index contributed by atoms with van der Waals surface area (Å²) in [5.41, 5.74) is 13.3. The van der Waals surface area contributed by atoms with Gasteiger partial charge < -0.3 is 11.5 Å². The first kappa shape index (κ1) is 37.7. The largest absolute Gasteiger partial charge is 0.382 e. The van der Waals surface area contributed by atoms with Crippen molar-refractivity contribution in [1.29, 1.82) is 10.5 Å². The molecule has 7 N–H and O–H groups in total. The number of nitrogens with zero attached hydrogens (tertiary/aromatic N) is 14. The first-order chi connectivity index (χ1) is 24.5. The van der Waals surface area contributed by atoms with Crippen molar-refractivity contribution >= 4 is 34.6 Å². The van der Waals surface area contributed by atoms with E-state index in [1.807, 2.05) is 83.1 Å². The molecule has 0 amide bonds. The molecule has 0 aliphatic rings. The number of nitriles is 2. The Balaban J connectivity index is 1.63. The molecule has 0 unspecified atom stereocenters. The molecule has 5 aromatic heterocycles. The van der Waals surface area contributed by atoms with E-state index >= 15 is 0 Å². The Labute approximate surface area is 304 Å². The molecule has 276 valence electrons. The highest BCUT2D eigenvalue weighted by molar-refractivity contribution is 5.67. The van der Waals surface area contributed by atoms with Crippen LogP contribution in [-0.4, -0.2) is 54.9 Å². The van der Waals surface area contributed by atoms with E-state index in [4.69, 9.17) is 11.5 Å². The maximum atomic E-state index is 13.0. The van der Waals surface area contributed by atoms with Gasteiger partial charge in [0.1, 0.15) is 23.3 Å². The van der Waals surface area contributed by atoms with Gasteiger partial charge in [-0.2, -0.15) is 50.3 Å². The number of hydrogen-bond acceptors (Lipinski definition) is 15. The second-order valence-corrected chi connectivity index (χ2v) is 16.5. The van der Waals surface area contributed by atoms with E-state index in [-0.39, 0.29) is 57.7 Å². The van der Waals surface area contributed by atoms with Crippen molar-refractivity contribution < 1.29 is 0 Å². The Morgan fingerprint density at radius 1 is 0.623 bits per heavy atom. The second-order valence-electron chi connectivity index (χ2n) is 16.5. The molecule has 0 atom stereocenters. The Kier molecular flexibility index (Phi) is 9.16. The van der Waals surface area contributed by atoms with Gasteiger partial charge in [0, 0.05) is 21.7 Å². The number of aromatic nitrogens is 11. The Morgan fingerprint density at radius 3 is 1.43 bits per heavy atom. The van der Waals surface area contributed by atoms with E-state index in [9.17, 15) is 15.3 Å². The minimum absolute atomic E-state index is 0.00991. The van der Waals surface area contributed by atoms with Crippen molar-refractivity contribution in [2.45, 2.75) is 105 Å². The molecule has 0 fully saturated rings. The topological polar surface area (TPSA) is 301 Å². The summed E-state index contributed by atoms with van der Waals surface area (Å²) in [4.78, 5) is 24.2. The quantitative estimate of drug-likeness (QED) is 0.128. The maximum absolute atomic E-state index is 13.0. The van der Waals surface area contributed by atoms with Crippen LogP contribution in [0.5, 0.6) is 0 Å². The van der Waals surface area contributed by atoms with Gasteiger partial charge in [0.15, 0.2) is 23.0 Å². The zero-order chi connectivity index (χ0) is 39.4. The van der Waals surface area contributed by atoms with Gasteiger partial charge in [-0.15, -0.1) is 20.5 Å². The molecule has 5 rings (SSSR count). The molecule has 0 aromatic carbocycles. The number of hydrogen-bond donors (Lipinski definition) is 5. The molecular formula is C33H43N19O. The van der Waals surface area contributed by atoms with E-state index in [1.165, 1.54) is 9.36 Å². The third-order valence-corrected chi connectivity index (χ3v) is 7.93. The lowest BCUT2D eigenvalue weighted by molar-refractivity contribution is 0.555. The summed E-state index contributed by atoms with van der Waals surface area (Å²) in [6.07, 6.45) is 0. The Hall–Kier alpha value is -6.57. The fourth-order valence-corrected chi connectivity index (χ4v) is 5.23. The van der Waals surface area contributed by atoms with Crippen LogP contribution < -0.4 is 17.2 Å². The average Bonchev–Trinajstić information content (AvgIpc) is 3.80. The summed E-state index contributed by atoms with van der Waals surface area (Å²) in [6.45, 7) is 23.1. The number of nitrogen functional groups attached to an aromatic ring is 2. The van der Waals surface area contributed by atoms with E-state index in [2.05, 4.69) is 78.1 Å². The molecule has 20 heteroatoms. The average molecular weight is 722 g/mol. The van der Waals surface area contributed by atoms with Crippen molar-refractivity contribution in [2.75, 3.05) is 11.5 Å². The molecule has 0 saturated carbocycles. The lowest BCUT2D eigenvalue weighted by Gasteiger charge is -2.15. The molecule has 20 nitrogen and oxygen atoms in total. The van der Waals surface area contributed by atoms with Gasteiger partial charge in [-0.1, -0.05) is 83.1 Å². The van der Waals surface area contributed by atoms with Crippen LogP contribution in [0, 0.1) is 22.7 Å². The fourth-order valence-electron chi connectivity index (χ4n) is 5.23. The first-order valence-electron chi connectivity index (χ1n) is 16.6. The monoisotopic (exact) mass is 721 g/mol. The smallest absolute Gasteiger partial charge is 0.351 e. The highest BCUT2D eigenvalue weighted by Gasteiger charge is 2.31. The van der Waals surface area contributed by atoms with Gasteiger partial charge >= 0.3 is 5.69 Å². The van der Waals surface area contributed by atoms with E-state index in [0.29, 0.717) is 22.8 Å². The maximum Gasteiger partial charge on any atom is 0.351 e. The number of nitrogens with two attached hydrogens (primary N) is 2. The number of anilines is 2. The molecule has 5 heterocycles. The lowest BCUT2D eigenvalue weighted by atomic mass is 9.89. The summed E-state index contributed by atoms with van der Waals surface area (Å²) >= 11 is 0. The van der Waals surface area contributed by atoms with Gasteiger partial charge in [-0.05, 0) is 0 Å². The number of aromatic amines is 3. The highest BCUT2D eigenvalue weighted by atomic mass is 16.1. The standard InChI is InChI=1S/C33H43N19O/c1-30(2,3)19-15(13-34)25(47-43-19)45-41-17-21(32(7,8)9)49-51(23(17)36)27-38-28(40-29(53)39-27)52-24(37)18(22(50-52)33(10,11)12)42-46-26-16(14-35)20(44-48-26)31(4,5)6/h36-37H2,1-12H3,(H,43,47)(H,44,48)(H,38,39,40,53). The molecule has 53 heavy (non-hydrogen) atoms. The SMILES string of the molecule is CC(C)(C)c1nn(-c2nc(-n3nc(C(C)(C)C)c(N=Nc4n[nH]c(C(C)(C)C)c4C#N)c3N)[nH]c(=O)n2)c(N)c1N=Nc1n[nH]c(C(C)(C)C)c1C#N. The Bertz CT molecular complexity index is 2240. The van der Waals surface area contributed by atoms with Gasteiger partial charge in [0.05, 0.1) is 22.8 Å². The van der Waals surface area contributed by atoms with Crippen molar-refractivity contribution in [2.24, 2.45) is 20.5 Å². The molecular weight excluding hydrogens is 678 g/mol. The molecule has 0 aliphatic carbocycles. The van der Waals surface area contributed by atoms with Gasteiger partial charge in [-0.3, -0.25) is 15.2 Å². The predicted octanol–water partition coefficient (Wildman–Crippen LogP) is 5.91. The highest BCUT2D eigenvalue weighted by Crippen LogP contribution is 2.40. The molecule has 0 radical (unpaired) electrons. The molecule has 0 spiro atoms. The van der Waals surface area contributed by atoms with Gasteiger partial charge in [0.25, 0.3) is 5.95 Å². The molecule has 5 aromatic rings. The van der Waals surface area contributed by atoms with E-state index < -0.39 is 27.3 Å². The van der Waals surface area contributed by atoms with Crippen molar-refractivity contribution in [3.63, 3.8) is 0 Å². The van der Waals surface area contributed by atoms with Crippen LogP contribution in [0.25, 0.3) is 11.9 Å². The van der Waals surface area contributed by atoms with E-state index in [0.717, 1.165) is 0 Å². The minimum Gasteiger partial charge on any atom is -0.382 e. The number of rotatable bonds is 6. The number of H-pyrrole nitrogens is 3. The van der Waals surface area contributed by atoms with Crippen LogP contribution >= 0.6 is 0 Å². The van der Waals surface area contributed by atoms with Crippen molar-refractivity contribution in [3.05, 3.63) is 44.4 Å². The van der Waals surface area contributed by atoms with Crippen LogP contribution in [0.3, 0.4) is 0 Å². The van der Waals surface area contributed by atoms with Gasteiger partial charge in [-0.25, -0.2) is 4.79 Å². The van der Waals surface area contributed by atoms with Crippen LogP contribution in [0.2, 0.25) is 0 Å². The third kappa shape index (κ3) is 7.16. The van der Waals surface area contributed by atoms with Gasteiger partial charge in [0.2, 0.25) is 17.6 Å². The number of azo groups is 2. The van der Waals surface area contributed by atoms with Crippen molar-refractivity contribution in [1.82, 2.24) is 54.9 Å². The van der Waals surface area contributed by atoms with Crippen LogP contribution in [0.4, 0.5) is 34.6 Å². The molecule has 0 saturated heterocycles. The third-order valence-electron chi connectivity index (χ3n) is 7.93. The number of nitrogens with one attached hydrogen (secondary N) is 3. The van der Waals surface area contributed by atoms with E-state index in [1.54, 1.807) is 0 Å². The predicted molar refractivity (Wildman–Crippen MR) is 195 cm³/mol. The fraction of sp³-hybridized carbons (Fsp3) is 0.485. The van der Waals surface area contributed by atoms with Crippen LogP contribution in [-0.2, 0) is 21.7 Å². The Morgan fingerprint density at radius 2 is 1.04 bits per heavy atom. The summed E-state index contributed by atoms with van der Waals surface area (Å²) in [5, 5.41) is 60.5. The molecule has 0 aliphatic heterocycles. The van der Waals surface area contributed by atoms with Crippen LogP contribution in [0.1, 0.15) is 117 Å². The minimum atomic E-state index is -0.800. The lowest BCUT2D eigenvalue weighted by Crippen LogP contribution is -2.22.